The molecule has 112 valence electrons. The normalized spacial score (nSPS) is 10.4. The van der Waals surface area contributed by atoms with Crippen molar-refractivity contribution in [2.24, 2.45) is 0 Å². The number of amides is 1. The number of rotatable bonds is 7. The van der Waals surface area contributed by atoms with E-state index in [-0.39, 0.29) is 5.91 Å². The van der Waals surface area contributed by atoms with E-state index in [1.807, 2.05) is 31.2 Å². The molecule has 1 amide bonds. The molecule has 7 heteroatoms. The van der Waals surface area contributed by atoms with Crippen LogP contribution in [0.1, 0.15) is 22.3 Å². The summed E-state index contributed by atoms with van der Waals surface area (Å²) in [6.07, 6.45) is 0.742. The minimum Gasteiger partial charge on any atom is -0.384 e. The summed E-state index contributed by atoms with van der Waals surface area (Å²) in [6.45, 7) is 3.32. The molecule has 6 nitrogen and oxygen atoms in total. The number of aromatic nitrogens is 2. The van der Waals surface area contributed by atoms with Crippen LogP contribution in [0.25, 0.3) is 0 Å². The Morgan fingerprint density at radius 1 is 1.33 bits per heavy atom. The van der Waals surface area contributed by atoms with E-state index in [9.17, 15) is 4.79 Å². The molecule has 2 N–H and O–H groups in total. The van der Waals surface area contributed by atoms with Crippen molar-refractivity contribution in [1.29, 1.82) is 0 Å². The van der Waals surface area contributed by atoms with E-state index in [0.29, 0.717) is 16.7 Å². The Morgan fingerprint density at radius 3 is 2.90 bits per heavy atom. The molecule has 0 spiro atoms. The van der Waals surface area contributed by atoms with Gasteiger partial charge in [0.1, 0.15) is 0 Å². The van der Waals surface area contributed by atoms with Gasteiger partial charge in [-0.25, -0.2) is 0 Å². The van der Waals surface area contributed by atoms with Gasteiger partial charge < -0.3 is 15.4 Å². The van der Waals surface area contributed by atoms with Crippen LogP contribution in [0.15, 0.2) is 24.3 Å². The van der Waals surface area contributed by atoms with Gasteiger partial charge in [-0.15, -0.1) is 10.2 Å². The topological polar surface area (TPSA) is 76.1 Å². The van der Waals surface area contributed by atoms with E-state index >= 15 is 0 Å². The second-order valence-corrected chi connectivity index (χ2v) is 5.27. The smallest absolute Gasteiger partial charge is 0.286 e. The first-order chi connectivity index (χ1) is 10.2. The first-order valence-corrected chi connectivity index (χ1v) is 7.51. The van der Waals surface area contributed by atoms with E-state index in [4.69, 9.17) is 4.74 Å². The SMILES string of the molecule is CCNc1nnc(C(=O)Nc2ccccc2CCOC)s1. The standard InChI is InChI=1S/C14H18N4O2S/c1-3-15-14-18-17-13(21-14)12(19)16-11-7-5-4-6-10(11)8-9-20-2/h4-7H,3,8-9H2,1-2H3,(H,15,18)(H,16,19). The lowest BCUT2D eigenvalue weighted by Gasteiger charge is -2.09. The number of nitrogens with one attached hydrogen (secondary N) is 2. The summed E-state index contributed by atoms with van der Waals surface area (Å²) < 4.78 is 5.08. The zero-order valence-corrected chi connectivity index (χ0v) is 12.9. The maximum atomic E-state index is 12.2. The second-order valence-electron chi connectivity index (χ2n) is 4.30. The molecule has 0 aliphatic heterocycles. The fourth-order valence-corrected chi connectivity index (χ4v) is 2.49. The highest BCUT2D eigenvalue weighted by Crippen LogP contribution is 2.19. The van der Waals surface area contributed by atoms with Crippen LogP contribution < -0.4 is 10.6 Å². The predicted octanol–water partition coefficient (Wildman–Crippen LogP) is 2.41. The van der Waals surface area contributed by atoms with Gasteiger partial charge in [0.25, 0.3) is 5.91 Å². The van der Waals surface area contributed by atoms with Gasteiger partial charge in [0.15, 0.2) is 0 Å². The molecular weight excluding hydrogens is 288 g/mol. The third-order valence-electron chi connectivity index (χ3n) is 2.79. The van der Waals surface area contributed by atoms with Crippen molar-refractivity contribution >= 4 is 28.1 Å². The first-order valence-electron chi connectivity index (χ1n) is 6.70. The van der Waals surface area contributed by atoms with Crippen LogP contribution in [0, 0.1) is 0 Å². The Bertz CT molecular complexity index is 600. The number of hydrogen-bond acceptors (Lipinski definition) is 6. The minimum atomic E-state index is -0.249. The van der Waals surface area contributed by atoms with Crippen LogP contribution in [-0.4, -0.2) is 36.4 Å². The molecule has 2 aromatic rings. The van der Waals surface area contributed by atoms with Gasteiger partial charge in [0.2, 0.25) is 10.1 Å². The highest BCUT2D eigenvalue weighted by Gasteiger charge is 2.14. The number of carbonyl (C=O) groups is 1. The van der Waals surface area contributed by atoms with Crippen LogP contribution in [0.4, 0.5) is 10.8 Å². The first kappa shape index (κ1) is 15.4. The molecule has 1 heterocycles. The summed E-state index contributed by atoms with van der Waals surface area (Å²) in [4.78, 5) is 12.2. The third-order valence-corrected chi connectivity index (χ3v) is 3.67. The number of nitrogens with zero attached hydrogens (tertiary/aromatic N) is 2. The monoisotopic (exact) mass is 306 g/mol. The van der Waals surface area contributed by atoms with Crippen LogP contribution in [0.3, 0.4) is 0 Å². The lowest BCUT2D eigenvalue weighted by atomic mass is 10.1. The second kappa shape index (κ2) is 7.70. The third kappa shape index (κ3) is 4.24. The molecule has 0 fully saturated rings. The summed E-state index contributed by atoms with van der Waals surface area (Å²) in [5.41, 5.74) is 1.81. The van der Waals surface area contributed by atoms with Crippen molar-refractivity contribution in [3.63, 3.8) is 0 Å². The fourth-order valence-electron chi connectivity index (χ4n) is 1.79. The summed E-state index contributed by atoms with van der Waals surface area (Å²) in [5, 5.41) is 14.7. The largest absolute Gasteiger partial charge is 0.384 e. The van der Waals surface area contributed by atoms with Gasteiger partial charge in [-0.05, 0) is 25.0 Å². The average molecular weight is 306 g/mol. The Balaban J connectivity index is 2.07. The summed E-state index contributed by atoms with van der Waals surface area (Å²) in [5.74, 6) is -0.249. The van der Waals surface area contributed by atoms with E-state index in [1.54, 1.807) is 7.11 Å². The molecule has 0 saturated heterocycles. The Kier molecular flexibility index (Phi) is 5.65. The molecule has 0 radical (unpaired) electrons. The van der Waals surface area contributed by atoms with Crippen LogP contribution in [-0.2, 0) is 11.2 Å². The Labute approximate surface area is 127 Å². The number of hydrogen-bond donors (Lipinski definition) is 2. The van der Waals surface area contributed by atoms with Gasteiger partial charge in [-0.3, -0.25) is 4.79 Å². The van der Waals surface area contributed by atoms with E-state index in [0.717, 1.165) is 24.2 Å². The average Bonchev–Trinajstić information content (AvgIpc) is 2.95. The van der Waals surface area contributed by atoms with Crippen molar-refractivity contribution in [2.45, 2.75) is 13.3 Å². The van der Waals surface area contributed by atoms with Crippen molar-refractivity contribution in [3.05, 3.63) is 34.8 Å². The molecule has 0 bridgehead atoms. The van der Waals surface area contributed by atoms with Gasteiger partial charge in [-0.2, -0.15) is 0 Å². The van der Waals surface area contributed by atoms with Gasteiger partial charge in [0, 0.05) is 19.3 Å². The number of anilines is 2. The number of methoxy groups -OCH3 is 1. The van der Waals surface area contributed by atoms with Crippen molar-refractivity contribution in [1.82, 2.24) is 10.2 Å². The van der Waals surface area contributed by atoms with Gasteiger partial charge in [0.05, 0.1) is 6.61 Å². The maximum absolute atomic E-state index is 12.2. The quantitative estimate of drug-likeness (QED) is 0.821. The number of carbonyl (C=O) groups excluding carboxylic acids is 1. The zero-order valence-electron chi connectivity index (χ0n) is 12.0. The molecule has 0 saturated carbocycles. The highest BCUT2D eigenvalue weighted by molar-refractivity contribution is 7.17. The van der Waals surface area contributed by atoms with Crippen LogP contribution >= 0.6 is 11.3 Å². The molecule has 0 aliphatic rings. The Morgan fingerprint density at radius 2 is 2.14 bits per heavy atom. The number of para-hydroxylation sites is 1. The summed E-state index contributed by atoms with van der Waals surface area (Å²) >= 11 is 1.24. The number of ether oxygens (including phenoxy) is 1. The minimum absolute atomic E-state index is 0.249. The molecule has 0 unspecified atom stereocenters. The van der Waals surface area contributed by atoms with E-state index in [1.165, 1.54) is 11.3 Å². The molecule has 2 rings (SSSR count). The molecule has 21 heavy (non-hydrogen) atoms. The molecule has 1 aromatic carbocycles. The highest BCUT2D eigenvalue weighted by atomic mass is 32.1. The number of benzene rings is 1. The lowest BCUT2D eigenvalue weighted by Crippen LogP contribution is -2.13. The van der Waals surface area contributed by atoms with Crippen molar-refractivity contribution in [3.8, 4) is 0 Å². The lowest BCUT2D eigenvalue weighted by molar-refractivity contribution is 0.102. The predicted molar refractivity (Wildman–Crippen MR) is 84.0 cm³/mol. The summed E-state index contributed by atoms with van der Waals surface area (Å²) in [6, 6.07) is 7.67. The van der Waals surface area contributed by atoms with Gasteiger partial charge >= 0.3 is 0 Å². The van der Waals surface area contributed by atoms with Crippen molar-refractivity contribution < 1.29 is 9.53 Å². The van der Waals surface area contributed by atoms with Crippen LogP contribution in [0.5, 0.6) is 0 Å². The van der Waals surface area contributed by atoms with E-state index in [2.05, 4.69) is 20.8 Å². The molecule has 0 atom stereocenters. The zero-order chi connectivity index (χ0) is 15.1. The van der Waals surface area contributed by atoms with Gasteiger partial charge in [-0.1, -0.05) is 29.5 Å². The summed E-state index contributed by atoms with van der Waals surface area (Å²) in [7, 11) is 1.66. The van der Waals surface area contributed by atoms with Crippen molar-refractivity contribution in [2.75, 3.05) is 30.9 Å². The fraction of sp³-hybridized carbons (Fsp3) is 0.357. The van der Waals surface area contributed by atoms with Crippen LogP contribution in [0.2, 0.25) is 0 Å². The molecule has 0 aliphatic carbocycles. The Hall–Kier alpha value is -1.99. The maximum Gasteiger partial charge on any atom is 0.286 e. The molecular formula is C14H18N4O2S. The molecule has 1 aromatic heterocycles. The van der Waals surface area contributed by atoms with E-state index < -0.39 is 0 Å².